The molecule has 0 aliphatic carbocycles. The molecule has 0 saturated carbocycles. The van der Waals surface area contributed by atoms with Gasteiger partial charge >= 0.3 is 0 Å². The van der Waals surface area contributed by atoms with Crippen molar-refractivity contribution in [2.75, 3.05) is 16.2 Å². The van der Waals surface area contributed by atoms with Gasteiger partial charge in [-0.1, -0.05) is 42.5 Å². The molecular weight excluding hydrogens is 436 g/mol. The molecule has 0 unspecified atom stereocenters. The van der Waals surface area contributed by atoms with Gasteiger partial charge in [-0.2, -0.15) is 0 Å². The molecule has 1 aliphatic rings. The minimum absolute atomic E-state index is 0.00427. The zero-order valence-electron chi connectivity index (χ0n) is 18.1. The fraction of sp³-hybridized carbons (Fsp3) is 0.200. The molecule has 33 heavy (non-hydrogen) atoms. The van der Waals surface area contributed by atoms with Crippen LogP contribution in [0.5, 0.6) is 0 Å². The van der Waals surface area contributed by atoms with Crippen LogP contribution >= 0.6 is 0 Å². The number of para-hydroxylation sites is 1. The van der Waals surface area contributed by atoms with Gasteiger partial charge in [0.15, 0.2) is 0 Å². The van der Waals surface area contributed by atoms with Crippen molar-refractivity contribution in [3.05, 3.63) is 89.5 Å². The van der Waals surface area contributed by atoms with Gasteiger partial charge in [0.25, 0.3) is 10.0 Å². The Labute approximate surface area is 193 Å². The summed E-state index contributed by atoms with van der Waals surface area (Å²) in [6.45, 7) is 0.615. The number of aryl methyl sites for hydroxylation is 2. The Kier molecular flexibility index (Phi) is 6.46. The number of amides is 1. The first-order valence-electron chi connectivity index (χ1n) is 10.8. The van der Waals surface area contributed by atoms with E-state index in [9.17, 15) is 13.2 Å². The van der Waals surface area contributed by atoms with Crippen molar-refractivity contribution in [3.8, 4) is 0 Å². The Hall–Kier alpha value is -3.65. The Bertz CT molecular complexity index is 1270. The van der Waals surface area contributed by atoms with Crippen LogP contribution in [0.4, 0.5) is 11.4 Å². The van der Waals surface area contributed by atoms with E-state index in [1.807, 2.05) is 18.2 Å². The highest BCUT2D eigenvalue weighted by Crippen LogP contribution is 2.30. The van der Waals surface area contributed by atoms with E-state index in [0.717, 1.165) is 29.7 Å². The monoisotopic (exact) mass is 462 g/mol. The second-order valence-corrected chi connectivity index (χ2v) is 9.70. The fourth-order valence-corrected chi connectivity index (χ4v) is 5.07. The Morgan fingerprint density at radius 2 is 1.76 bits per heavy atom. The van der Waals surface area contributed by atoms with E-state index in [2.05, 4.69) is 4.72 Å². The van der Waals surface area contributed by atoms with Crippen LogP contribution in [0.2, 0.25) is 0 Å². The average molecular weight is 463 g/mol. The molecule has 3 aromatic carbocycles. The quantitative estimate of drug-likeness (QED) is 0.367. The molecule has 170 valence electrons. The predicted octanol–water partition coefficient (Wildman–Crippen LogP) is 3.68. The zero-order valence-corrected chi connectivity index (χ0v) is 18.9. The van der Waals surface area contributed by atoms with Gasteiger partial charge < -0.3 is 10.6 Å². The molecular formula is C25H26N4O3S. The maximum Gasteiger partial charge on any atom is 0.261 e. The van der Waals surface area contributed by atoms with E-state index < -0.39 is 10.0 Å². The molecule has 1 amide bonds. The Morgan fingerprint density at radius 1 is 1.03 bits per heavy atom. The molecule has 1 aliphatic heterocycles. The van der Waals surface area contributed by atoms with Crippen molar-refractivity contribution in [3.63, 3.8) is 0 Å². The molecule has 4 N–H and O–H groups in total. The summed E-state index contributed by atoms with van der Waals surface area (Å²) in [6.07, 6.45) is 2.42. The summed E-state index contributed by atoms with van der Waals surface area (Å²) in [5, 5.41) is 7.46. The van der Waals surface area contributed by atoms with Crippen molar-refractivity contribution < 1.29 is 13.2 Å². The highest BCUT2D eigenvalue weighted by atomic mass is 32.2. The average Bonchev–Trinajstić information content (AvgIpc) is 2.82. The van der Waals surface area contributed by atoms with Gasteiger partial charge in [0.1, 0.15) is 5.84 Å². The van der Waals surface area contributed by atoms with Gasteiger partial charge in [-0.3, -0.25) is 14.9 Å². The highest BCUT2D eigenvalue weighted by Gasteiger charge is 2.24. The number of carbonyl (C=O) groups excluding carboxylic acids is 1. The smallest absolute Gasteiger partial charge is 0.261 e. The molecule has 4 rings (SSSR count). The van der Waals surface area contributed by atoms with E-state index in [0.29, 0.717) is 30.6 Å². The Balaban J connectivity index is 1.47. The van der Waals surface area contributed by atoms with Gasteiger partial charge in [-0.05, 0) is 60.7 Å². The van der Waals surface area contributed by atoms with Crippen molar-refractivity contribution in [2.24, 2.45) is 5.73 Å². The minimum Gasteiger partial charge on any atom is -0.384 e. The van der Waals surface area contributed by atoms with Crippen LogP contribution in [0.1, 0.15) is 29.5 Å². The van der Waals surface area contributed by atoms with Gasteiger partial charge in [0.2, 0.25) is 5.91 Å². The number of anilines is 2. The lowest BCUT2D eigenvalue weighted by molar-refractivity contribution is -0.118. The van der Waals surface area contributed by atoms with Crippen LogP contribution in [-0.2, 0) is 27.7 Å². The largest absolute Gasteiger partial charge is 0.384 e. The summed E-state index contributed by atoms with van der Waals surface area (Å²) in [6, 6.07) is 21.0. The molecule has 0 spiro atoms. The van der Waals surface area contributed by atoms with Crippen LogP contribution in [-0.4, -0.2) is 26.7 Å². The fourth-order valence-electron chi connectivity index (χ4n) is 3.96. The lowest BCUT2D eigenvalue weighted by Gasteiger charge is -2.30. The number of fused-ring (bicyclic) bond motifs is 1. The van der Waals surface area contributed by atoms with Crippen LogP contribution in [0.3, 0.4) is 0 Å². The van der Waals surface area contributed by atoms with E-state index in [1.165, 1.54) is 0 Å². The number of benzene rings is 3. The molecule has 3 aromatic rings. The van der Waals surface area contributed by atoms with Crippen molar-refractivity contribution in [1.82, 2.24) is 0 Å². The molecule has 0 fully saturated rings. The second-order valence-electron chi connectivity index (χ2n) is 8.02. The molecule has 7 nitrogen and oxygen atoms in total. The first-order chi connectivity index (χ1) is 15.8. The standard InChI is InChI=1S/C25H26N4O3S/c26-25(27)19-11-8-18(9-12-19)10-15-24(30)29-16-4-5-20-17-22(13-14-23(20)29)33(31,32)28-21-6-2-1-3-7-21/h1-3,6-9,11-14,17,28H,4-5,10,15-16H2,(H3,26,27). The van der Waals surface area contributed by atoms with Crippen LogP contribution in [0, 0.1) is 5.41 Å². The van der Waals surface area contributed by atoms with Crippen LogP contribution < -0.4 is 15.4 Å². The van der Waals surface area contributed by atoms with E-state index in [1.54, 1.807) is 59.5 Å². The molecule has 0 saturated heterocycles. The number of nitrogen functional groups attached to an aromatic ring is 1. The van der Waals surface area contributed by atoms with Crippen molar-refractivity contribution in [2.45, 2.75) is 30.6 Å². The number of nitrogens with two attached hydrogens (primary N) is 1. The number of amidine groups is 1. The first-order valence-corrected chi connectivity index (χ1v) is 12.3. The van der Waals surface area contributed by atoms with Gasteiger partial charge in [0.05, 0.1) is 4.90 Å². The van der Waals surface area contributed by atoms with E-state index in [4.69, 9.17) is 11.1 Å². The summed E-state index contributed by atoms with van der Waals surface area (Å²) in [5.74, 6) is 0.0208. The number of hydrogen-bond acceptors (Lipinski definition) is 4. The van der Waals surface area contributed by atoms with Gasteiger partial charge in [-0.15, -0.1) is 0 Å². The number of sulfonamides is 1. The summed E-state index contributed by atoms with van der Waals surface area (Å²) >= 11 is 0. The predicted molar refractivity (Wildman–Crippen MR) is 130 cm³/mol. The zero-order chi connectivity index (χ0) is 23.4. The number of rotatable bonds is 7. The highest BCUT2D eigenvalue weighted by molar-refractivity contribution is 7.92. The summed E-state index contributed by atoms with van der Waals surface area (Å²) in [4.78, 5) is 14.9. The van der Waals surface area contributed by atoms with E-state index in [-0.39, 0.29) is 16.6 Å². The number of nitrogens with one attached hydrogen (secondary N) is 2. The lowest BCUT2D eigenvalue weighted by atomic mass is 10.0. The molecule has 8 heteroatoms. The molecule has 0 radical (unpaired) electrons. The number of hydrogen-bond donors (Lipinski definition) is 3. The number of nitrogens with zero attached hydrogens (tertiary/aromatic N) is 1. The van der Waals surface area contributed by atoms with Gasteiger partial charge in [-0.25, -0.2) is 8.42 Å². The second kappa shape index (κ2) is 9.46. The Morgan fingerprint density at radius 3 is 2.45 bits per heavy atom. The SMILES string of the molecule is N=C(N)c1ccc(CCC(=O)N2CCCc3cc(S(=O)(=O)Nc4ccccc4)ccc32)cc1. The third-order valence-corrected chi connectivity index (χ3v) is 7.08. The van der Waals surface area contributed by atoms with Crippen molar-refractivity contribution in [1.29, 1.82) is 5.41 Å². The lowest BCUT2D eigenvalue weighted by Crippen LogP contribution is -2.35. The third kappa shape index (κ3) is 5.23. The molecule has 1 heterocycles. The summed E-state index contributed by atoms with van der Waals surface area (Å²) < 4.78 is 28.2. The molecule has 0 bridgehead atoms. The molecule has 0 atom stereocenters. The minimum atomic E-state index is -3.72. The van der Waals surface area contributed by atoms with E-state index >= 15 is 0 Å². The van der Waals surface area contributed by atoms with Crippen LogP contribution in [0.25, 0.3) is 0 Å². The maximum atomic E-state index is 13.0. The van der Waals surface area contributed by atoms with Gasteiger partial charge in [0, 0.05) is 29.9 Å². The summed E-state index contributed by atoms with van der Waals surface area (Å²) in [5.41, 5.74) is 9.28. The summed E-state index contributed by atoms with van der Waals surface area (Å²) in [7, 11) is -3.72. The normalized spacial score (nSPS) is 13.3. The maximum absolute atomic E-state index is 13.0. The topological polar surface area (TPSA) is 116 Å². The number of carbonyl (C=O) groups is 1. The molecule has 0 aromatic heterocycles. The first kappa shape index (κ1) is 22.5. The van der Waals surface area contributed by atoms with Crippen LogP contribution in [0.15, 0.2) is 77.7 Å². The van der Waals surface area contributed by atoms with Crippen molar-refractivity contribution >= 4 is 33.1 Å². The third-order valence-electron chi connectivity index (χ3n) is 5.70.